The quantitative estimate of drug-likeness (QED) is 0.839. The summed E-state index contributed by atoms with van der Waals surface area (Å²) in [7, 11) is 0. The zero-order chi connectivity index (χ0) is 19.5. The monoisotopic (exact) mass is 379 g/mol. The number of nitrogens with zero attached hydrogens (tertiary/aromatic N) is 2. The Hall–Kier alpha value is -3.08. The predicted octanol–water partition coefficient (Wildman–Crippen LogP) is 1.65. The van der Waals surface area contributed by atoms with Crippen LogP contribution in [0.5, 0.6) is 11.5 Å². The lowest BCUT2D eigenvalue weighted by atomic mass is 10.00. The average Bonchev–Trinajstić information content (AvgIpc) is 3.18. The first-order valence-electron chi connectivity index (χ1n) is 9.23. The number of hydrogen-bond acceptors (Lipinski definition) is 6. The minimum atomic E-state index is -0.611. The molecule has 7 heteroatoms. The normalized spacial score (nSPS) is 21.1. The minimum Gasteiger partial charge on any atom is -0.454 e. The topological polar surface area (TPSA) is 94.8 Å². The Morgan fingerprint density at radius 1 is 1.25 bits per heavy atom. The molecule has 2 aliphatic heterocycles. The maximum Gasteiger partial charge on any atom is 0.251 e. The number of piperidine rings is 1. The van der Waals surface area contributed by atoms with E-state index in [0.29, 0.717) is 48.7 Å². The first-order chi connectivity index (χ1) is 13.6. The summed E-state index contributed by atoms with van der Waals surface area (Å²) < 4.78 is 10.6. The Labute approximate surface area is 163 Å². The zero-order valence-corrected chi connectivity index (χ0v) is 15.3. The molecule has 2 atom stereocenters. The van der Waals surface area contributed by atoms with Crippen molar-refractivity contribution in [1.29, 1.82) is 5.26 Å². The van der Waals surface area contributed by atoms with Gasteiger partial charge in [-0.3, -0.25) is 9.69 Å². The smallest absolute Gasteiger partial charge is 0.251 e. The number of nitrogens with one attached hydrogen (secondary N) is 1. The number of ether oxygens (including phenoxy) is 2. The van der Waals surface area contributed by atoms with Gasteiger partial charge in [-0.1, -0.05) is 18.2 Å². The van der Waals surface area contributed by atoms with Crippen molar-refractivity contribution in [2.75, 3.05) is 19.9 Å². The summed E-state index contributed by atoms with van der Waals surface area (Å²) in [5, 5.41) is 22.6. The molecule has 1 amide bonds. The number of carbonyl (C=O) groups is 1. The van der Waals surface area contributed by atoms with Gasteiger partial charge in [0.15, 0.2) is 11.5 Å². The fraction of sp³-hybridized carbons (Fsp3) is 0.333. The van der Waals surface area contributed by atoms with Gasteiger partial charge in [0, 0.05) is 25.2 Å². The van der Waals surface area contributed by atoms with Gasteiger partial charge < -0.3 is 19.9 Å². The summed E-state index contributed by atoms with van der Waals surface area (Å²) in [5.41, 5.74) is 2.06. The highest BCUT2D eigenvalue weighted by Crippen LogP contribution is 2.32. The van der Waals surface area contributed by atoms with Crippen molar-refractivity contribution in [3.63, 3.8) is 0 Å². The van der Waals surface area contributed by atoms with Crippen LogP contribution in [0.4, 0.5) is 0 Å². The molecule has 2 aliphatic rings. The summed E-state index contributed by atoms with van der Waals surface area (Å²) in [5.74, 6) is 0.907. The van der Waals surface area contributed by atoms with E-state index < -0.39 is 6.10 Å². The van der Waals surface area contributed by atoms with Crippen LogP contribution >= 0.6 is 0 Å². The summed E-state index contributed by atoms with van der Waals surface area (Å²) >= 11 is 0. The van der Waals surface area contributed by atoms with E-state index in [9.17, 15) is 15.2 Å². The number of aliphatic hydroxyl groups excluding tert-OH is 1. The lowest BCUT2D eigenvalue weighted by Crippen LogP contribution is -2.54. The van der Waals surface area contributed by atoms with E-state index in [1.165, 1.54) is 0 Å². The van der Waals surface area contributed by atoms with Crippen molar-refractivity contribution in [2.45, 2.75) is 25.1 Å². The number of aliphatic hydroxyl groups is 1. The van der Waals surface area contributed by atoms with Crippen LogP contribution < -0.4 is 14.8 Å². The Bertz CT molecular complexity index is 924. The summed E-state index contributed by atoms with van der Waals surface area (Å²) in [6, 6.07) is 14.3. The Balaban J connectivity index is 1.42. The molecule has 1 fully saturated rings. The number of fused-ring (bicyclic) bond motifs is 1. The van der Waals surface area contributed by atoms with E-state index in [1.807, 2.05) is 18.2 Å². The number of likely N-dealkylation sites (tertiary alicyclic amines) is 1. The highest BCUT2D eigenvalue weighted by Gasteiger charge is 2.30. The largest absolute Gasteiger partial charge is 0.454 e. The molecule has 0 aliphatic carbocycles. The van der Waals surface area contributed by atoms with Gasteiger partial charge in [-0.25, -0.2) is 0 Å². The molecule has 0 radical (unpaired) electrons. The van der Waals surface area contributed by atoms with Crippen molar-refractivity contribution in [3.8, 4) is 17.6 Å². The number of amides is 1. The second-order valence-electron chi connectivity index (χ2n) is 7.01. The van der Waals surface area contributed by atoms with E-state index in [1.54, 1.807) is 24.3 Å². The van der Waals surface area contributed by atoms with Crippen molar-refractivity contribution in [2.24, 2.45) is 0 Å². The zero-order valence-electron chi connectivity index (χ0n) is 15.3. The molecule has 1 saturated heterocycles. The SMILES string of the molecule is N#Cc1ccccc1CN1CC[C@H](O)[C@H](NC(=O)c2ccc3c(c2)OCO3)C1. The van der Waals surface area contributed by atoms with Crippen LogP contribution in [0.1, 0.15) is 27.9 Å². The van der Waals surface area contributed by atoms with Gasteiger partial charge in [0.1, 0.15) is 0 Å². The van der Waals surface area contributed by atoms with Crippen LogP contribution in [0.3, 0.4) is 0 Å². The van der Waals surface area contributed by atoms with E-state index in [0.717, 1.165) is 5.56 Å². The summed E-state index contributed by atoms with van der Waals surface area (Å²) in [6.45, 7) is 1.97. The first-order valence-corrected chi connectivity index (χ1v) is 9.23. The van der Waals surface area contributed by atoms with Gasteiger partial charge in [0.25, 0.3) is 5.91 Å². The van der Waals surface area contributed by atoms with Crippen LogP contribution in [-0.4, -0.2) is 47.9 Å². The molecule has 7 nitrogen and oxygen atoms in total. The lowest BCUT2D eigenvalue weighted by Gasteiger charge is -2.36. The molecule has 144 valence electrons. The van der Waals surface area contributed by atoms with Crippen molar-refractivity contribution in [1.82, 2.24) is 10.2 Å². The van der Waals surface area contributed by atoms with Gasteiger partial charge >= 0.3 is 0 Å². The Morgan fingerprint density at radius 3 is 2.93 bits per heavy atom. The second kappa shape index (κ2) is 7.89. The molecule has 0 saturated carbocycles. The first kappa shape index (κ1) is 18.3. The molecule has 0 unspecified atom stereocenters. The molecule has 2 heterocycles. The van der Waals surface area contributed by atoms with Crippen LogP contribution in [0.25, 0.3) is 0 Å². The van der Waals surface area contributed by atoms with Crippen LogP contribution in [0.2, 0.25) is 0 Å². The number of benzene rings is 2. The maximum absolute atomic E-state index is 12.6. The molecular formula is C21H21N3O4. The second-order valence-corrected chi connectivity index (χ2v) is 7.01. The summed E-state index contributed by atoms with van der Waals surface area (Å²) in [6.07, 6.45) is -0.0544. The number of carbonyl (C=O) groups excluding carboxylic acids is 1. The summed E-state index contributed by atoms with van der Waals surface area (Å²) in [4.78, 5) is 14.8. The van der Waals surface area contributed by atoms with E-state index >= 15 is 0 Å². The predicted molar refractivity (Wildman–Crippen MR) is 101 cm³/mol. The molecule has 2 N–H and O–H groups in total. The van der Waals surface area contributed by atoms with Crippen LogP contribution in [0, 0.1) is 11.3 Å². The third kappa shape index (κ3) is 3.79. The van der Waals surface area contributed by atoms with Gasteiger partial charge in [-0.15, -0.1) is 0 Å². The minimum absolute atomic E-state index is 0.154. The highest BCUT2D eigenvalue weighted by molar-refractivity contribution is 5.95. The molecule has 2 aromatic rings. The van der Waals surface area contributed by atoms with Crippen molar-refractivity contribution < 1.29 is 19.4 Å². The molecule has 0 bridgehead atoms. The molecule has 28 heavy (non-hydrogen) atoms. The van der Waals surface area contributed by atoms with Gasteiger partial charge in [-0.05, 0) is 36.2 Å². The van der Waals surface area contributed by atoms with E-state index in [2.05, 4.69) is 16.3 Å². The van der Waals surface area contributed by atoms with Crippen molar-refractivity contribution in [3.05, 3.63) is 59.2 Å². The van der Waals surface area contributed by atoms with Gasteiger partial charge in [-0.2, -0.15) is 5.26 Å². The molecule has 2 aromatic carbocycles. The number of rotatable bonds is 4. The van der Waals surface area contributed by atoms with Crippen LogP contribution in [0.15, 0.2) is 42.5 Å². The van der Waals surface area contributed by atoms with E-state index in [4.69, 9.17) is 9.47 Å². The third-order valence-electron chi connectivity index (χ3n) is 5.14. The van der Waals surface area contributed by atoms with Gasteiger partial charge in [0.05, 0.1) is 23.8 Å². The molecule has 0 spiro atoms. The Kier molecular flexibility index (Phi) is 5.15. The standard InChI is InChI=1S/C21H21N3O4/c22-10-15-3-1-2-4-16(15)11-24-8-7-18(25)17(12-24)23-21(26)14-5-6-19-20(9-14)28-13-27-19/h1-6,9,17-18,25H,7-8,11-13H2,(H,23,26)/t17-,18+/m1/s1. The number of nitriles is 1. The fourth-order valence-corrected chi connectivity index (χ4v) is 3.59. The molecular weight excluding hydrogens is 358 g/mol. The number of hydrogen-bond donors (Lipinski definition) is 2. The average molecular weight is 379 g/mol. The molecule has 0 aromatic heterocycles. The van der Waals surface area contributed by atoms with Gasteiger partial charge in [0.2, 0.25) is 6.79 Å². The Morgan fingerprint density at radius 2 is 2.07 bits per heavy atom. The van der Waals surface area contributed by atoms with Crippen molar-refractivity contribution >= 4 is 5.91 Å². The third-order valence-corrected chi connectivity index (χ3v) is 5.14. The lowest BCUT2D eigenvalue weighted by molar-refractivity contribution is 0.0410. The van der Waals surface area contributed by atoms with E-state index in [-0.39, 0.29) is 18.7 Å². The molecule has 4 rings (SSSR count). The maximum atomic E-state index is 12.6. The highest BCUT2D eigenvalue weighted by atomic mass is 16.7. The van der Waals surface area contributed by atoms with Crippen LogP contribution in [-0.2, 0) is 6.54 Å². The fourth-order valence-electron chi connectivity index (χ4n) is 3.59.